The van der Waals surface area contributed by atoms with Crippen molar-refractivity contribution in [2.45, 2.75) is 51.0 Å². The molecule has 2 aromatic carbocycles. The largest absolute Gasteiger partial charge is 0.215 e. The SMILES string of the molecule is CC(C)S(=O)(=O)NCCc1ccc(-c2[c]ccc(CCNS(=O)(=O)C(C)C)c2)cc1. The molecule has 2 aromatic rings. The summed E-state index contributed by atoms with van der Waals surface area (Å²) in [5, 5.41) is -0.889. The minimum atomic E-state index is -3.26. The Balaban J connectivity index is 1.96. The fourth-order valence-corrected chi connectivity index (χ4v) is 4.14. The average Bonchev–Trinajstić information content (AvgIpc) is 2.68. The van der Waals surface area contributed by atoms with Gasteiger partial charge in [0, 0.05) is 13.1 Å². The van der Waals surface area contributed by atoms with Gasteiger partial charge in [0.05, 0.1) is 10.5 Å². The van der Waals surface area contributed by atoms with Gasteiger partial charge < -0.3 is 0 Å². The quantitative estimate of drug-likeness (QED) is 0.549. The third kappa shape index (κ3) is 7.19. The van der Waals surface area contributed by atoms with Crippen LogP contribution in [0.1, 0.15) is 38.8 Å². The molecule has 0 amide bonds. The standard InChI is InChI=1S/C22H31N2O4S2/c1-17(2)29(25,26)23-14-12-19-8-10-21(11-9-19)22-7-5-6-20(16-22)13-15-24-30(27,28)18(3)4/h5-6,8-11,16-18,23-24H,12-15H2,1-4H3. The van der Waals surface area contributed by atoms with Gasteiger partial charge in [-0.05, 0) is 68.9 Å². The van der Waals surface area contributed by atoms with Gasteiger partial charge in [-0.2, -0.15) is 0 Å². The Morgan fingerprint density at radius 3 is 1.77 bits per heavy atom. The molecule has 2 N–H and O–H groups in total. The smallest absolute Gasteiger partial charge is 0.213 e. The second kappa shape index (κ2) is 10.5. The van der Waals surface area contributed by atoms with Crippen LogP contribution >= 0.6 is 0 Å². The number of rotatable bonds is 11. The van der Waals surface area contributed by atoms with E-state index in [2.05, 4.69) is 15.5 Å². The molecule has 0 aliphatic rings. The summed E-state index contributed by atoms with van der Waals surface area (Å²) in [4.78, 5) is 0. The number of nitrogens with one attached hydrogen (secondary N) is 2. The van der Waals surface area contributed by atoms with E-state index in [1.54, 1.807) is 27.7 Å². The van der Waals surface area contributed by atoms with E-state index >= 15 is 0 Å². The van der Waals surface area contributed by atoms with Gasteiger partial charge in [-0.15, -0.1) is 0 Å². The van der Waals surface area contributed by atoms with Crippen molar-refractivity contribution in [3.63, 3.8) is 0 Å². The topological polar surface area (TPSA) is 92.3 Å². The van der Waals surface area contributed by atoms with Gasteiger partial charge in [-0.3, -0.25) is 0 Å². The van der Waals surface area contributed by atoms with Crippen molar-refractivity contribution in [3.8, 4) is 11.1 Å². The fraction of sp³-hybridized carbons (Fsp3) is 0.455. The van der Waals surface area contributed by atoms with E-state index in [1.807, 2.05) is 42.5 Å². The van der Waals surface area contributed by atoms with Gasteiger partial charge in [0.15, 0.2) is 0 Å². The highest BCUT2D eigenvalue weighted by atomic mass is 32.2. The number of sulfonamides is 2. The lowest BCUT2D eigenvalue weighted by molar-refractivity contribution is 0.571. The lowest BCUT2D eigenvalue weighted by Gasteiger charge is -2.11. The minimum Gasteiger partial charge on any atom is -0.215 e. The Hall–Kier alpha value is -1.74. The van der Waals surface area contributed by atoms with Crippen LogP contribution in [-0.2, 0) is 32.9 Å². The van der Waals surface area contributed by atoms with E-state index in [1.165, 1.54) is 0 Å². The van der Waals surface area contributed by atoms with Crippen LogP contribution in [0.15, 0.2) is 42.5 Å². The van der Waals surface area contributed by atoms with Crippen molar-refractivity contribution in [1.82, 2.24) is 9.44 Å². The molecule has 0 atom stereocenters. The number of hydrogen-bond donors (Lipinski definition) is 2. The highest BCUT2D eigenvalue weighted by Crippen LogP contribution is 2.21. The van der Waals surface area contributed by atoms with E-state index in [-0.39, 0.29) is 0 Å². The van der Waals surface area contributed by atoms with Gasteiger partial charge in [-0.25, -0.2) is 26.3 Å². The first-order chi connectivity index (χ1) is 14.0. The Morgan fingerprint density at radius 1 is 0.767 bits per heavy atom. The third-order valence-electron chi connectivity index (χ3n) is 4.81. The first-order valence-corrected chi connectivity index (χ1v) is 13.2. The predicted octanol–water partition coefficient (Wildman–Crippen LogP) is 2.89. The van der Waals surface area contributed by atoms with Crippen molar-refractivity contribution in [3.05, 3.63) is 59.7 Å². The summed E-state index contributed by atoms with van der Waals surface area (Å²) in [5.74, 6) is 0. The summed E-state index contributed by atoms with van der Waals surface area (Å²) in [7, 11) is -6.50. The van der Waals surface area contributed by atoms with Crippen LogP contribution in [0.2, 0.25) is 0 Å². The molecule has 0 fully saturated rings. The molecule has 0 spiro atoms. The predicted molar refractivity (Wildman–Crippen MR) is 122 cm³/mol. The van der Waals surface area contributed by atoms with Crippen LogP contribution in [0.3, 0.4) is 0 Å². The summed E-state index contributed by atoms with van der Waals surface area (Å²) < 4.78 is 52.5. The molecule has 30 heavy (non-hydrogen) atoms. The third-order valence-corrected chi connectivity index (χ3v) is 8.50. The molecule has 0 heterocycles. The summed E-state index contributed by atoms with van der Waals surface area (Å²) in [6, 6.07) is 16.9. The zero-order valence-electron chi connectivity index (χ0n) is 18.0. The molecule has 0 saturated heterocycles. The highest BCUT2D eigenvalue weighted by Gasteiger charge is 2.15. The Bertz CT molecular complexity index is 1030. The second-order valence-electron chi connectivity index (χ2n) is 7.78. The average molecular weight is 452 g/mol. The van der Waals surface area contributed by atoms with Crippen molar-refractivity contribution in [1.29, 1.82) is 0 Å². The molecule has 0 bridgehead atoms. The van der Waals surface area contributed by atoms with Gasteiger partial charge >= 0.3 is 0 Å². The lowest BCUT2D eigenvalue weighted by Crippen LogP contribution is -2.32. The molecule has 0 aromatic heterocycles. The zero-order valence-corrected chi connectivity index (χ0v) is 19.6. The zero-order chi connectivity index (χ0) is 22.4. The molecule has 0 saturated carbocycles. The van der Waals surface area contributed by atoms with E-state index in [0.29, 0.717) is 25.9 Å². The van der Waals surface area contributed by atoms with Crippen LogP contribution in [-0.4, -0.2) is 40.4 Å². The lowest BCUT2D eigenvalue weighted by atomic mass is 10.00. The molecule has 2 rings (SSSR count). The molecule has 6 nitrogen and oxygen atoms in total. The van der Waals surface area contributed by atoms with Crippen LogP contribution in [0.4, 0.5) is 0 Å². The Morgan fingerprint density at radius 2 is 1.27 bits per heavy atom. The van der Waals surface area contributed by atoms with Gasteiger partial charge in [0.2, 0.25) is 20.0 Å². The number of benzene rings is 2. The first-order valence-electron chi connectivity index (χ1n) is 10.1. The maximum absolute atomic E-state index is 11.8. The molecule has 8 heteroatoms. The molecular formula is C22H31N2O4S2. The van der Waals surface area contributed by atoms with E-state index in [0.717, 1.165) is 22.3 Å². The summed E-state index contributed by atoms with van der Waals surface area (Å²) in [6.45, 7) is 7.34. The summed E-state index contributed by atoms with van der Waals surface area (Å²) >= 11 is 0. The summed E-state index contributed by atoms with van der Waals surface area (Å²) in [6.07, 6.45) is 1.22. The van der Waals surface area contributed by atoms with Gasteiger partial charge in [-0.1, -0.05) is 42.5 Å². The van der Waals surface area contributed by atoms with Crippen LogP contribution < -0.4 is 9.44 Å². The molecule has 0 aliphatic carbocycles. The summed E-state index contributed by atoms with van der Waals surface area (Å²) in [5.41, 5.74) is 4.02. The highest BCUT2D eigenvalue weighted by molar-refractivity contribution is 7.90. The second-order valence-corrected chi connectivity index (χ2v) is 12.4. The molecular weight excluding hydrogens is 420 g/mol. The van der Waals surface area contributed by atoms with Crippen molar-refractivity contribution >= 4 is 20.0 Å². The van der Waals surface area contributed by atoms with Crippen molar-refractivity contribution in [2.24, 2.45) is 0 Å². The van der Waals surface area contributed by atoms with Gasteiger partial charge in [0.1, 0.15) is 0 Å². The molecule has 165 valence electrons. The Labute approximate surface area is 181 Å². The maximum Gasteiger partial charge on any atom is 0.213 e. The monoisotopic (exact) mass is 451 g/mol. The molecule has 1 radical (unpaired) electrons. The van der Waals surface area contributed by atoms with Crippen molar-refractivity contribution in [2.75, 3.05) is 13.1 Å². The molecule has 0 aliphatic heterocycles. The maximum atomic E-state index is 11.8. The molecule has 0 unspecified atom stereocenters. The minimum absolute atomic E-state index is 0.356. The Kier molecular flexibility index (Phi) is 8.61. The van der Waals surface area contributed by atoms with E-state index in [4.69, 9.17) is 0 Å². The van der Waals surface area contributed by atoms with E-state index < -0.39 is 30.5 Å². The van der Waals surface area contributed by atoms with Crippen LogP contribution in [0.25, 0.3) is 11.1 Å². The first kappa shape index (κ1) is 24.5. The normalized spacial score (nSPS) is 12.6. The van der Waals surface area contributed by atoms with E-state index in [9.17, 15) is 16.8 Å². The number of hydrogen-bond acceptors (Lipinski definition) is 4. The fourth-order valence-electron chi connectivity index (χ4n) is 2.70. The van der Waals surface area contributed by atoms with Crippen LogP contribution in [0.5, 0.6) is 0 Å². The van der Waals surface area contributed by atoms with Gasteiger partial charge in [0.25, 0.3) is 0 Å². The van der Waals surface area contributed by atoms with Crippen molar-refractivity contribution < 1.29 is 16.8 Å². The van der Waals surface area contributed by atoms with Crippen LogP contribution in [0, 0.1) is 6.07 Å².